The molecule has 0 radical (unpaired) electrons. The van der Waals surface area contributed by atoms with E-state index in [2.05, 4.69) is 45.8 Å². The Bertz CT molecular complexity index is 879. The number of halogens is 1. The first-order valence-corrected chi connectivity index (χ1v) is 10.9. The van der Waals surface area contributed by atoms with Crippen molar-refractivity contribution in [2.24, 2.45) is 5.92 Å². The van der Waals surface area contributed by atoms with Crippen LogP contribution in [0.5, 0.6) is 0 Å². The van der Waals surface area contributed by atoms with E-state index < -0.39 is 0 Å². The molecule has 146 valence electrons. The van der Waals surface area contributed by atoms with E-state index in [4.69, 9.17) is 4.74 Å². The monoisotopic (exact) mass is 452 g/mol. The van der Waals surface area contributed by atoms with E-state index in [9.17, 15) is 9.59 Å². The first-order valence-electron chi connectivity index (χ1n) is 9.27. The van der Waals surface area contributed by atoms with Crippen LogP contribution in [0.4, 0.5) is 0 Å². The molecule has 0 saturated carbocycles. The Labute approximate surface area is 172 Å². The van der Waals surface area contributed by atoms with Gasteiger partial charge >= 0.3 is 5.97 Å². The predicted molar refractivity (Wildman–Crippen MR) is 112 cm³/mol. The summed E-state index contributed by atoms with van der Waals surface area (Å²) in [5.74, 6) is -0.434. The second-order valence-corrected chi connectivity index (χ2v) is 8.83. The number of hydrogen-bond donors (Lipinski definition) is 0. The number of esters is 1. The minimum Gasteiger partial charge on any atom is -0.466 e. The Morgan fingerprint density at radius 2 is 2.19 bits per heavy atom. The summed E-state index contributed by atoms with van der Waals surface area (Å²) < 4.78 is 9.32. The summed E-state index contributed by atoms with van der Waals surface area (Å²) in [6, 6.07) is 1.97. The van der Waals surface area contributed by atoms with Gasteiger partial charge in [-0.3, -0.25) is 9.59 Å². The standard InChI is InChI=1S/C20H25BrN2O3S/c1-4-26-20(25)14-6-5-8-22(11-14)19(24)16-10-17-18(15(21)12-27-17)23(16)9-7-13(2)3/h7,10,12,14H,4-6,8-9,11H2,1-3H3. The fraction of sp³-hybridized carbons (Fsp3) is 0.500. The van der Waals surface area contributed by atoms with Gasteiger partial charge in [-0.2, -0.15) is 0 Å². The number of rotatable bonds is 5. The van der Waals surface area contributed by atoms with Gasteiger partial charge in [0.1, 0.15) is 5.69 Å². The van der Waals surface area contributed by atoms with Gasteiger partial charge in [-0.15, -0.1) is 11.3 Å². The molecule has 1 amide bonds. The van der Waals surface area contributed by atoms with E-state index in [1.165, 1.54) is 5.57 Å². The van der Waals surface area contributed by atoms with Gasteiger partial charge in [0, 0.05) is 25.0 Å². The summed E-state index contributed by atoms with van der Waals surface area (Å²) in [5, 5.41) is 2.05. The predicted octanol–water partition coefficient (Wildman–Crippen LogP) is 4.85. The maximum atomic E-state index is 13.3. The molecular formula is C20H25BrN2O3S. The molecule has 1 aliphatic rings. The molecule has 27 heavy (non-hydrogen) atoms. The number of fused-ring (bicyclic) bond motifs is 1. The summed E-state index contributed by atoms with van der Waals surface area (Å²) in [6.07, 6.45) is 3.72. The van der Waals surface area contributed by atoms with E-state index in [1.807, 2.05) is 13.0 Å². The molecule has 0 spiro atoms. The zero-order valence-corrected chi connectivity index (χ0v) is 18.4. The molecule has 2 aromatic heterocycles. The number of aromatic nitrogens is 1. The summed E-state index contributed by atoms with van der Waals surface area (Å²) in [4.78, 5) is 27.2. The SMILES string of the molecule is CCOC(=O)C1CCCN(C(=O)c2cc3scc(Br)c3n2CC=C(C)C)C1. The van der Waals surface area contributed by atoms with Crippen LogP contribution in [0.15, 0.2) is 27.6 Å². The summed E-state index contributed by atoms with van der Waals surface area (Å²) in [5.41, 5.74) is 2.95. The Morgan fingerprint density at radius 3 is 2.89 bits per heavy atom. The molecule has 7 heteroatoms. The fourth-order valence-corrected chi connectivity index (χ4v) is 5.14. The van der Waals surface area contributed by atoms with Crippen LogP contribution in [0, 0.1) is 5.92 Å². The third-order valence-corrected chi connectivity index (χ3v) is 6.63. The number of carbonyl (C=O) groups is 2. The normalized spacial score (nSPS) is 17.2. The zero-order chi connectivity index (χ0) is 19.6. The minimum atomic E-state index is -0.225. The number of nitrogens with zero attached hydrogens (tertiary/aromatic N) is 2. The van der Waals surface area contributed by atoms with Crippen LogP contribution in [0.2, 0.25) is 0 Å². The molecule has 0 bridgehead atoms. The van der Waals surface area contributed by atoms with E-state index in [1.54, 1.807) is 16.2 Å². The van der Waals surface area contributed by atoms with Crippen molar-refractivity contribution in [3.05, 3.63) is 33.3 Å². The minimum absolute atomic E-state index is 0.0125. The molecule has 2 aromatic rings. The van der Waals surface area contributed by atoms with Crippen molar-refractivity contribution in [2.75, 3.05) is 19.7 Å². The Morgan fingerprint density at radius 1 is 1.41 bits per heavy atom. The van der Waals surface area contributed by atoms with Crippen molar-refractivity contribution >= 4 is 49.4 Å². The smallest absolute Gasteiger partial charge is 0.310 e. The second kappa shape index (κ2) is 8.61. The lowest BCUT2D eigenvalue weighted by atomic mass is 9.98. The fourth-order valence-electron chi connectivity index (χ4n) is 3.45. The molecule has 1 aliphatic heterocycles. The molecule has 3 rings (SSSR count). The molecular weight excluding hydrogens is 428 g/mol. The molecule has 1 atom stereocenters. The van der Waals surface area contributed by atoms with Crippen LogP contribution in [0.25, 0.3) is 10.2 Å². The largest absolute Gasteiger partial charge is 0.466 e. The van der Waals surface area contributed by atoms with Crippen molar-refractivity contribution in [1.82, 2.24) is 9.47 Å². The Balaban J connectivity index is 1.89. The highest BCUT2D eigenvalue weighted by Crippen LogP contribution is 2.34. The first kappa shape index (κ1) is 20.1. The van der Waals surface area contributed by atoms with Crippen molar-refractivity contribution in [2.45, 2.75) is 40.2 Å². The van der Waals surface area contributed by atoms with Gasteiger partial charge in [0.25, 0.3) is 5.91 Å². The first-order chi connectivity index (χ1) is 12.9. The Hall–Kier alpha value is -1.60. The van der Waals surface area contributed by atoms with E-state index in [-0.39, 0.29) is 17.8 Å². The lowest BCUT2D eigenvalue weighted by Gasteiger charge is -2.31. The Kier molecular flexibility index (Phi) is 6.42. The molecule has 0 aromatic carbocycles. The van der Waals surface area contributed by atoms with Crippen molar-refractivity contribution in [3.63, 3.8) is 0 Å². The number of likely N-dealkylation sites (tertiary alicyclic amines) is 1. The molecule has 3 heterocycles. The summed E-state index contributed by atoms with van der Waals surface area (Å²) in [7, 11) is 0. The van der Waals surface area contributed by atoms with Gasteiger partial charge in [0.15, 0.2) is 0 Å². The van der Waals surface area contributed by atoms with Gasteiger partial charge in [-0.1, -0.05) is 11.6 Å². The van der Waals surface area contributed by atoms with Gasteiger partial charge in [0.2, 0.25) is 0 Å². The maximum absolute atomic E-state index is 13.3. The van der Waals surface area contributed by atoms with Crippen molar-refractivity contribution < 1.29 is 14.3 Å². The average Bonchev–Trinajstić information content (AvgIpc) is 3.19. The third kappa shape index (κ3) is 4.29. The molecule has 0 aliphatic carbocycles. The van der Waals surface area contributed by atoms with Crippen molar-refractivity contribution in [3.8, 4) is 0 Å². The highest BCUT2D eigenvalue weighted by atomic mass is 79.9. The van der Waals surface area contributed by atoms with Crippen LogP contribution >= 0.6 is 27.3 Å². The van der Waals surface area contributed by atoms with E-state index >= 15 is 0 Å². The van der Waals surface area contributed by atoms with E-state index in [0.29, 0.717) is 31.9 Å². The van der Waals surface area contributed by atoms with Gasteiger partial charge in [0.05, 0.1) is 27.2 Å². The van der Waals surface area contributed by atoms with Crippen LogP contribution < -0.4 is 0 Å². The van der Waals surface area contributed by atoms with Gasteiger partial charge in [-0.05, 0) is 55.6 Å². The number of piperidine rings is 1. The quantitative estimate of drug-likeness (QED) is 0.481. The molecule has 0 N–H and O–H groups in total. The molecule has 5 nitrogen and oxygen atoms in total. The number of allylic oxidation sites excluding steroid dienone is 2. The summed E-state index contributed by atoms with van der Waals surface area (Å²) >= 11 is 5.24. The topological polar surface area (TPSA) is 51.5 Å². The number of amides is 1. The molecule has 1 saturated heterocycles. The van der Waals surface area contributed by atoms with Gasteiger partial charge in [-0.25, -0.2) is 0 Å². The molecule has 1 unspecified atom stereocenters. The van der Waals surface area contributed by atoms with E-state index in [0.717, 1.165) is 27.5 Å². The lowest BCUT2D eigenvalue weighted by molar-refractivity contribution is -0.149. The lowest BCUT2D eigenvalue weighted by Crippen LogP contribution is -2.43. The third-order valence-electron chi connectivity index (χ3n) is 4.81. The van der Waals surface area contributed by atoms with Crippen LogP contribution in [-0.4, -0.2) is 41.0 Å². The number of ether oxygens (including phenoxy) is 1. The molecule has 1 fully saturated rings. The van der Waals surface area contributed by atoms with Gasteiger partial charge < -0.3 is 14.2 Å². The highest BCUT2D eigenvalue weighted by molar-refractivity contribution is 9.10. The second-order valence-electron chi connectivity index (χ2n) is 7.06. The van der Waals surface area contributed by atoms with Crippen molar-refractivity contribution in [1.29, 1.82) is 0 Å². The van der Waals surface area contributed by atoms with Crippen LogP contribution in [-0.2, 0) is 16.1 Å². The van der Waals surface area contributed by atoms with Crippen LogP contribution in [0.1, 0.15) is 44.1 Å². The van der Waals surface area contributed by atoms with Crippen LogP contribution in [0.3, 0.4) is 0 Å². The zero-order valence-electron chi connectivity index (χ0n) is 16.0. The number of thiophene rings is 1. The highest BCUT2D eigenvalue weighted by Gasteiger charge is 2.31. The maximum Gasteiger partial charge on any atom is 0.310 e. The number of hydrogen-bond acceptors (Lipinski definition) is 4. The average molecular weight is 453 g/mol. The number of carbonyl (C=O) groups excluding carboxylic acids is 2. The summed E-state index contributed by atoms with van der Waals surface area (Å²) in [6.45, 7) is 8.05.